The van der Waals surface area contributed by atoms with Crippen LogP contribution in [0.5, 0.6) is 11.5 Å². The molecule has 0 unspecified atom stereocenters. The number of rotatable bonds is 30. The summed E-state index contributed by atoms with van der Waals surface area (Å²) in [6.07, 6.45) is 9.26. The number of Topliss-reactive ketones (excluding diaryl/α,β-unsaturated/α-hetero) is 2. The van der Waals surface area contributed by atoms with Gasteiger partial charge in [0, 0.05) is 95.4 Å². The van der Waals surface area contributed by atoms with Crippen molar-refractivity contribution in [1.82, 2.24) is 31.2 Å². The maximum Gasteiger partial charge on any atom is 1.00 e. The molecule has 2 fully saturated rings. The van der Waals surface area contributed by atoms with Gasteiger partial charge in [0.25, 0.3) is 0 Å². The SMILES string of the molecule is CCOP(=O)(CS(C)(=O)=O)OCC.COc1cccc2[nH]c(C(=O)C[C@@H](CC(C)C)C(=O)N[C@H](/C=C/S(C)(=O)=O)C[C@@H]3CCNC3=O)cc12.COc1cccc2[nH]c(C(=O)C[C@@H](CC(C)C)C(=O)N[C@H](C=O)C[C@@H]3CCNC3=O)cc12.[CH2-]CCC.[Li+]. The number of ether oxygens (including phenoxy) is 2. The standard InChI is InChI=1S/C26H35N3O6S.C24H31N3O5.C6H15O5PS.C4H9.Li/c1-16(2)12-18(14-23(30)22-15-20-21(29-22)6-5-7-24(20)35-3)26(32)28-19(9-11-36(4,33)34)13-17-8-10-27-25(17)31;1-14(2)9-16(24(31)26-17(13-28)10-15-7-8-25-23(15)30)11-21(29)20-12-18-19(27-20)5-4-6-22(18)32-3;1-4-10-12(7,11-5-2)6-13(3,8)9;1-3-4-2;/h5-7,9,11,15-19,29H,8,10,12-14H2,1-4H3,(H,27,31)(H,28,32);4-6,12-17,27H,7-11H2,1-3H3,(H,25,30)(H,26,31);4-6H2,1-3H3;1,3-4H2,2H3;/q;;;-1;+1/b11-9+;;;;/t17-,18+,19+;15-,16+,17-;;;/m00.../s1. The van der Waals surface area contributed by atoms with Gasteiger partial charge < -0.3 is 61.5 Å². The third-order valence-corrected chi connectivity index (χ3v) is 18.7. The minimum absolute atomic E-state index is 0. The number of H-pyrrole nitrogens is 2. The van der Waals surface area contributed by atoms with Crippen molar-refractivity contribution in [2.45, 2.75) is 125 Å². The van der Waals surface area contributed by atoms with Crippen LogP contribution in [0.15, 0.2) is 60.0 Å². The number of sulfone groups is 2. The molecule has 0 saturated carbocycles. The van der Waals surface area contributed by atoms with E-state index in [2.05, 4.69) is 45.1 Å². The van der Waals surface area contributed by atoms with E-state index in [4.69, 9.17) is 18.5 Å². The van der Waals surface area contributed by atoms with E-state index in [9.17, 15) is 55.0 Å². The number of hydrogen-bond donors (Lipinski definition) is 6. The Balaban J connectivity index is 0.000000461. The minimum Gasteiger partial charge on any atom is -0.496 e. The fraction of sp³-hybridized carbons (Fsp3) is 0.567. The van der Waals surface area contributed by atoms with Crippen LogP contribution in [0, 0.1) is 42.4 Å². The molecule has 0 spiro atoms. The summed E-state index contributed by atoms with van der Waals surface area (Å²) in [5, 5.41) is 13.8. The molecule has 4 heterocycles. The maximum atomic E-state index is 13.3. The molecule has 4 aromatic rings. The molecule has 474 valence electrons. The molecule has 2 saturated heterocycles. The van der Waals surface area contributed by atoms with Crippen LogP contribution < -0.4 is 49.6 Å². The molecule has 4 amide bonds. The average molecular weight is 1250 g/mol. The van der Waals surface area contributed by atoms with Crippen LogP contribution in [0.3, 0.4) is 0 Å². The van der Waals surface area contributed by atoms with Crippen molar-refractivity contribution in [3.63, 3.8) is 0 Å². The number of aromatic nitrogens is 2. The van der Waals surface area contributed by atoms with Crippen LogP contribution in [-0.4, -0.2) is 139 Å². The monoisotopic (exact) mass is 1250 g/mol. The molecule has 0 radical (unpaired) electrons. The van der Waals surface area contributed by atoms with E-state index in [0.717, 1.165) is 46.1 Å². The predicted octanol–water partition coefficient (Wildman–Crippen LogP) is 5.48. The van der Waals surface area contributed by atoms with E-state index in [-0.39, 0.29) is 117 Å². The Bertz CT molecular complexity index is 3170. The second-order valence-electron chi connectivity index (χ2n) is 22.0. The quantitative estimate of drug-likeness (QED) is 0.0124. The van der Waals surface area contributed by atoms with E-state index in [1.165, 1.54) is 12.5 Å². The molecule has 6 atom stereocenters. The molecular weight excluding hydrogens is 1160 g/mol. The summed E-state index contributed by atoms with van der Waals surface area (Å²) >= 11 is 0. The predicted molar refractivity (Wildman–Crippen MR) is 330 cm³/mol. The Labute approximate surface area is 519 Å². The Hall–Kier alpha value is -5.60. The second-order valence-corrected chi connectivity index (χ2v) is 28.6. The zero-order valence-electron chi connectivity index (χ0n) is 52.1. The maximum absolute atomic E-state index is 13.3. The summed E-state index contributed by atoms with van der Waals surface area (Å²) in [6, 6.07) is 13.1. The third-order valence-electron chi connectivity index (χ3n) is 13.6. The summed E-state index contributed by atoms with van der Waals surface area (Å²) in [7, 11) is -7.04. The zero-order chi connectivity index (χ0) is 63.7. The minimum atomic E-state index is -3.43. The molecule has 6 N–H and O–H groups in total. The van der Waals surface area contributed by atoms with Crippen LogP contribution in [0.1, 0.15) is 134 Å². The first kappa shape index (κ1) is 76.5. The number of aromatic amines is 2. The fourth-order valence-corrected chi connectivity index (χ4v) is 13.8. The molecule has 2 aliphatic heterocycles. The van der Waals surface area contributed by atoms with Crippen molar-refractivity contribution in [3.8, 4) is 11.5 Å². The van der Waals surface area contributed by atoms with Gasteiger partial charge in [-0.1, -0.05) is 59.2 Å². The van der Waals surface area contributed by atoms with Gasteiger partial charge in [0.1, 0.15) is 17.8 Å². The van der Waals surface area contributed by atoms with E-state index < -0.39 is 56.7 Å². The topological polar surface area (TPSA) is 321 Å². The second kappa shape index (κ2) is 37.3. The van der Waals surface area contributed by atoms with Gasteiger partial charge in [0.15, 0.2) is 36.7 Å². The van der Waals surface area contributed by atoms with Gasteiger partial charge in [-0.15, -0.1) is 0 Å². The van der Waals surface area contributed by atoms with Crippen LogP contribution in [-0.2, 0) is 57.3 Å². The molecule has 2 aromatic heterocycles. The van der Waals surface area contributed by atoms with Gasteiger partial charge in [-0.05, 0) is 101 Å². The van der Waals surface area contributed by atoms with Crippen molar-refractivity contribution in [3.05, 3.63) is 78.3 Å². The van der Waals surface area contributed by atoms with Gasteiger partial charge in [-0.25, -0.2) is 16.8 Å². The summed E-state index contributed by atoms with van der Waals surface area (Å²) in [5.74, 6) is -1.37. The first-order valence-corrected chi connectivity index (χ1v) is 34.5. The number of methoxy groups -OCH3 is 2. The van der Waals surface area contributed by atoms with Gasteiger partial charge in [-0.2, -0.15) is 6.42 Å². The number of nitrogens with one attached hydrogen (secondary N) is 6. The average Bonchev–Trinajstić information content (AvgIpc) is 2.14. The van der Waals surface area contributed by atoms with Crippen LogP contribution >= 0.6 is 7.60 Å². The van der Waals surface area contributed by atoms with Crippen molar-refractivity contribution in [1.29, 1.82) is 0 Å². The first-order valence-electron chi connectivity index (χ1n) is 28.8. The molecule has 22 nitrogen and oxygen atoms in total. The Morgan fingerprint density at radius 1 is 0.709 bits per heavy atom. The number of benzene rings is 2. The van der Waals surface area contributed by atoms with Crippen LogP contribution in [0.25, 0.3) is 21.8 Å². The Kier molecular flexibility index (Phi) is 33.2. The normalized spacial score (nSPS) is 16.4. The number of unbranched alkanes of at least 4 members (excludes halogenated alkanes) is 1. The molecular formula is C60H90LiN6O16PS2. The van der Waals surface area contributed by atoms with Crippen molar-refractivity contribution < 1.29 is 92.3 Å². The number of carbonyl (C=O) groups excluding carboxylic acids is 7. The Morgan fingerprint density at radius 2 is 1.12 bits per heavy atom. The number of ketones is 2. The zero-order valence-corrected chi connectivity index (χ0v) is 54.6. The smallest absolute Gasteiger partial charge is 0.496 e. The number of hydrogen-bond acceptors (Lipinski definition) is 16. The van der Waals surface area contributed by atoms with Gasteiger partial charge >= 0.3 is 26.5 Å². The molecule has 2 aliphatic rings. The van der Waals surface area contributed by atoms with Crippen molar-refractivity contribution >= 4 is 90.6 Å². The molecule has 6 rings (SSSR count). The van der Waals surface area contributed by atoms with E-state index in [0.29, 0.717) is 67.9 Å². The number of carbonyl (C=O) groups is 7. The largest absolute Gasteiger partial charge is 1.00 e. The van der Waals surface area contributed by atoms with Gasteiger partial charge in [0.05, 0.1) is 44.9 Å². The Morgan fingerprint density at radius 3 is 1.44 bits per heavy atom. The van der Waals surface area contributed by atoms with E-state index >= 15 is 0 Å². The number of amides is 4. The van der Waals surface area contributed by atoms with Gasteiger partial charge in [-0.3, -0.25) is 33.3 Å². The van der Waals surface area contributed by atoms with Crippen molar-refractivity contribution in [2.75, 3.05) is 58.5 Å². The van der Waals surface area contributed by atoms with Crippen LogP contribution in [0.4, 0.5) is 0 Å². The molecule has 2 aromatic carbocycles. The molecule has 86 heavy (non-hydrogen) atoms. The molecule has 26 heteroatoms. The summed E-state index contributed by atoms with van der Waals surface area (Å²) in [6.45, 7) is 18.4. The summed E-state index contributed by atoms with van der Waals surface area (Å²) < 4.78 is 77.0. The van der Waals surface area contributed by atoms with E-state index in [1.807, 2.05) is 64.1 Å². The van der Waals surface area contributed by atoms with Gasteiger partial charge in [0.2, 0.25) is 23.6 Å². The van der Waals surface area contributed by atoms with E-state index in [1.54, 1.807) is 40.2 Å². The molecule has 0 aliphatic carbocycles. The van der Waals surface area contributed by atoms with Crippen molar-refractivity contribution in [2.24, 2.45) is 35.5 Å². The summed E-state index contributed by atoms with van der Waals surface area (Å²) in [5.41, 5.74) is 1.81. The molecule has 0 bridgehead atoms. The third kappa shape index (κ3) is 26.4. The number of aldehydes is 1. The van der Waals surface area contributed by atoms with Crippen LogP contribution in [0.2, 0.25) is 0 Å². The number of fused-ring (bicyclic) bond motifs is 2. The summed E-state index contributed by atoms with van der Waals surface area (Å²) in [4.78, 5) is 94.2. The first-order chi connectivity index (χ1) is 40.0. The fourth-order valence-electron chi connectivity index (χ4n) is 9.60.